The molecule has 2 aromatic heterocycles. The Balaban J connectivity index is 1.86. The fraction of sp³-hybridized carbons (Fsp3) is 0. The van der Waals surface area contributed by atoms with Gasteiger partial charge in [0.05, 0.1) is 6.20 Å². The molecule has 0 saturated heterocycles. The number of hydrogen-bond acceptors (Lipinski definition) is 4. The van der Waals surface area contributed by atoms with Gasteiger partial charge in [-0.3, -0.25) is 15.1 Å². The number of amides is 1. The lowest BCUT2D eigenvalue weighted by atomic mass is 10.1. The second kappa shape index (κ2) is 5.76. The van der Waals surface area contributed by atoms with E-state index in [0.717, 1.165) is 11.1 Å². The van der Waals surface area contributed by atoms with Crippen molar-refractivity contribution in [3.05, 3.63) is 65.8 Å². The Morgan fingerprint density at radius 2 is 1.86 bits per heavy atom. The third kappa shape index (κ3) is 3.09. The van der Waals surface area contributed by atoms with E-state index in [1.165, 1.54) is 12.5 Å². The number of nitrogens with zero attached hydrogens (tertiary/aromatic N) is 2. The first kappa shape index (κ1) is 13.3. The van der Waals surface area contributed by atoms with Gasteiger partial charge in [-0.15, -0.1) is 0 Å². The van der Waals surface area contributed by atoms with E-state index in [2.05, 4.69) is 15.3 Å². The summed E-state index contributed by atoms with van der Waals surface area (Å²) >= 11 is 5.87. The minimum atomic E-state index is -0.381. The van der Waals surface area contributed by atoms with Crippen molar-refractivity contribution in [2.75, 3.05) is 5.32 Å². The predicted molar refractivity (Wildman–Crippen MR) is 79.1 cm³/mol. The quantitative estimate of drug-likeness (QED) is 0.801. The molecule has 6 heteroatoms. The van der Waals surface area contributed by atoms with E-state index in [1.807, 2.05) is 18.2 Å². The average molecular weight is 300 g/mol. The number of benzene rings is 1. The van der Waals surface area contributed by atoms with Gasteiger partial charge < -0.3 is 4.42 Å². The summed E-state index contributed by atoms with van der Waals surface area (Å²) in [5, 5.41) is 3.19. The Bertz CT molecular complexity index is 755. The Labute approximate surface area is 125 Å². The minimum absolute atomic E-state index is 0.138. The predicted octanol–water partition coefficient (Wildman–Crippen LogP) is 3.64. The molecule has 0 aliphatic heterocycles. The summed E-state index contributed by atoms with van der Waals surface area (Å²) in [5.74, 6) is -0.381. The first-order chi connectivity index (χ1) is 10.2. The number of hydrogen-bond donors (Lipinski definition) is 1. The smallest absolute Gasteiger partial charge is 0.301 e. The summed E-state index contributed by atoms with van der Waals surface area (Å²) in [7, 11) is 0. The van der Waals surface area contributed by atoms with Gasteiger partial charge in [0, 0.05) is 11.2 Å². The summed E-state index contributed by atoms with van der Waals surface area (Å²) in [5.41, 5.74) is 2.10. The highest BCUT2D eigenvalue weighted by molar-refractivity contribution is 6.30. The zero-order valence-corrected chi connectivity index (χ0v) is 11.5. The van der Waals surface area contributed by atoms with Crippen LogP contribution < -0.4 is 5.32 Å². The fourth-order valence-corrected chi connectivity index (χ4v) is 1.95. The molecule has 2 heterocycles. The van der Waals surface area contributed by atoms with Crippen LogP contribution in [0.5, 0.6) is 0 Å². The van der Waals surface area contributed by atoms with Crippen LogP contribution in [0, 0.1) is 0 Å². The lowest BCUT2D eigenvalue weighted by molar-refractivity contribution is 0.101. The molecule has 0 radical (unpaired) electrons. The molecule has 1 amide bonds. The number of pyridine rings is 1. The Hall–Kier alpha value is -2.66. The van der Waals surface area contributed by atoms with Crippen molar-refractivity contribution in [1.82, 2.24) is 9.97 Å². The maximum Gasteiger partial charge on any atom is 0.301 e. The van der Waals surface area contributed by atoms with Gasteiger partial charge >= 0.3 is 6.01 Å². The van der Waals surface area contributed by atoms with Gasteiger partial charge in [0.25, 0.3) is 5.91 Å². The molecule has 0 spiro atoms. The number of oxazole rings is 1. The number of nitrogens with one attached hydrogen (secondary N) is 1. The van der Waals surface area contributed by atoms with Crippen molar-refractivity contribution in [2.45, 2.75) is 0 Å². The van der Waals surface area contributed by atoms with Gasteiger partial charge in [0.1, 0.15) is 12.0 Å². The van der Waals surface area contributed by atoms with Crippen molar-refractivity contribution < 1.29 is 9.21 Å². The number of halogens is 1. The SMILES string of the molecule is O=C(Nc1ncco1)c1cc(-c2ccc(Cl)cc2)ccn1. The van der Waals surface area contributed by atoms with Crippen molar-refractivity contribution in [2.24, 2.45) is 0 Å². The molecule has 0 fully saturated rings. The van der Waals surface area contributed by atoms with Gasteiger partial charge in [-0.25, -0.2) is 4.98 Å². The first-order valence-electron chi connectivity index (χ1n) is 6.15. The van der Waals surface area contributed by atoms with Gasteiger partial charge in [-0.05, 0) is 35.4 Å². The van der Waals surface area contributed by atoms with Crippen LogP contribution in [-0.2, 0) is 0 Å². The maximum absolute atomic E-state index is 12.1. The van der Waals surface area contributed by atoms with Gasteiger partial charge in [0.15, 0.2) is 0 Å². The van der Waals surface area contributed by atoms with Crippen LogP contribution in [0.2, 0.25) is 5.02 Å². The van der Waals surface area contributed by atoms with Crippen LogP contribution in [0.25, 0.3) is 11.1 Å². The zero-order chi connectivity index (χ0) is 14.7. The minimum Gasteiger partial charge on any atom is -0.432 e. The molecular formula is C15H10ClN3O2. The number of aromatic nitrogens is 2. The molecule has 0 saturated carbocycles. The van der Waals surface area contributed by atoms with E-state index in [1.54, 1.807) is 24.4 Å². The van der Waals surface area contributed by atoms with E-state index >= 15 is 0 Å². The van der Waals surface area contributed by atoms with Gasteiger partial charge in [0.2, 0.25) is 0 Å². The van der Waals surface area contributed by atoms with Crippen LogP contribution in [0.15, 0.2) is 59.5 Å². The third-order valence-electron chi connectivity index (χ3n) is 2.82. The van der Waals surface area contributed by atoms with Crippen molar-refractivity contribution >= 4 is 23.5 Å². The Morgan fingerprint density at radius 1 is 1.05 bits per heavy atom. The summed E-state index contributed by atoms with van der Waals surface area (Å²) < 4.78 is 4.97. The second-order valence-corrected chi connectivity index (χ2v) is 4.66. The number of carbonyl (C=O) groups excluding carboxylic acids is 1. The molecule has 1 aromatic carbocycles. The van der Waals surface area contributed by atoms with E-state index in [4.69, 9.17) is 16.0 Å². The van der Waals surface area contributed by atoms with E-state index in [-0.39, 0.29) is 17.6 Å². The molecule has 0 aliphatic carbocycles. The molecule has 3 aromatic rings. The Kier molecular flexibility index (Phi) is 3.66. The molecule has 0 atom stereocenters. The topological polar surface area (TPSA) is 68.0 Å². The normalized spacial score (nSPS) is 10.3. The summed E-state index contributed by atoms with van der Waals surface area (Å²) in [6.45, 7) is 0. The highest BCUT2D eigenvalue weighted by atomic mass is 35.5. The second-order valence-electron chi connectivity index (χ2n) is 4.23. The van der Waals surface area contributed by atoms with Crippen molar-refractivity contribution in [1.29, 1.82) is 0 Å². The summed E-state index contributed by atoms with van der Waals surface area (Å²) in [6, 6.07) is 11.0. The standard InChI is InChI=1S/C15H10ClN3O2/c16-12-3-1-10(2-4-12)11-5-6-17-13(9-11)14(20)19-15-18-7-8-21-15/h1-9H,(H,18,19,20). The largest absolute Gasteiger partial charge is 0.432 e. The van der Waals surface area contributed by atoms with Crippen molar-refractivity contribution in [3.8, 4) is 11.1 Å². The Morgan fingerprint density at radius 3 is 2.57 bits per heavy atom. The average Bonchev–Trinajstić information content (AvgIpc) is 3.01. The van der Waals surface area contributed by atoms with Crippen LogP contribution in [0.4, 0.5) is 6.01 Å². The van der Waals surface area contributed by atoms with E-state index in [9.17, 15) is 4.79 Å². The molecular weight excluding hydrogens is 290 g/mol. The molecule has 104 valence electrons. The highest BCUT2D eigenvalue weighted by Crippen LogP contribution is 2.21. The van der Waals surface area contributed by atoms with Crippen LogP contribution >= 0.6 is 11.6 Å². The first-order valence-corrected chi connectivity index (χ1v) is 6.53. The van der Waals surface area contributed by atoms with Gasteiger partial charge in [-0.2, -0.15) is 0 Å². The van der Waals surface area contributed by atoms with E-state index < -0.39 is 0 Å². The van der Waals surface area contributed by atoms with E-state index in [0.29, 0.717) is 5.02 Å². The lowest BCUT2D eigenvalue weighted by Gasteiger charge is -2.04. The van der Waals surface area contributed by atoms with Crippen LogP contribution in [0.1, 0.15) is 10.5 Å². The number of rotatable bonds is 3. The molecule has 0 bridgehead atoms. The zero-order valence-electron chi connectivity index (χ0n) is 10.8. The molecule has 1 N–H and O–H groups in total. The number of anilines is 1. The molecule has 21 heavy (non-hydrogen) atoms. The summed E-state index contributed by atoms with van der Waals surface area (Å²) in [4.78, 5) is 19.9. The maximum atomic E-state index is 12.1. The monoisotopic (exact) mass is 299 g/mol. The fourth-order valence-electron chi connectivity index (χ4n) is 1.82. The number of carbonyl (C=O) groups is 1. The van der Waals surface area contributed by atoms with Gasteiger partial charge in [-0.1, -0.05) is 23.7 Å². The van der Waals surface area contributed by atoms with Crippen LogP contribution in [0.3, 0.4) is 0 Å². The lowest BCUT2D eigenvalue weighted by Crippen LogP contribution is -2.13. The van der Waals surface area contributed by atoms with Crippen molar-refractivity contribution in [3.63, 3.8) is 0 Å². The highest BCUT2D eigenvalue weighted by Gasteiger charge is 2.11. The third-order valence-corrected chi connectivity index (χ3v) is 3.07. The molecule has 3 rings (SSSR count). The van der Waals surface area contributed by atoms with Crippen LogP contribution in [-0.4, -0.2) is 15.9 Å². The summed E-state index contributed by atoms with van der Waals surface area (Å²) in [6.07, 6.45) is 4.41. The molecule has 0 unspecified atom stereocenters. The molecule has 0 aliphatic rings. The molecule has 5 nitrogen and oxygen atoms in total.